The zero-order chi connectivity index (χ0) is 34.8. The molecule has 1 N–H and O–H groups in total. The molecular weight excluding hydrogens is 592 g/mol. The highest BCUT2D eigenvalue weighted by Crippen LogP contribution is 2.15. The lowest BCUT2D eigenvalue weighted by Gasteiger charge is -2.25. The lowest BCUT2D eigenvalue weighted by atomic mass is 10.0. The molecule has 0 spiro atoms. The molecule has 1 atom stereocenters. The Bertz CT molecular complexity index is 846. The Balaban J connectivity index is 2.25. The average Bonchev–Trinajstić information content (AvgIpc) is 3.10. The van der Waals surface area contributed by atoms with Gasteiger partial charge in [0.1, 0.15) is 6.04 Å². The molecule has 0 aliphatic rings. The molecule has 5 nitrogen and oxygen atoms in total. The van der Waals surface area contributed by atoms with Gasteiger partial charge in [0.25, 0.3) is 0 Å². The lowest BCUT2D eigenvalue weighted by molar-refractivity contribution is -0.137. The third kappa shape index (κ3) is 27.0. The summed E-state index contributed by atoms with van der Waals surface area (Å²) in [4.78, 5) is 28.1. The van der Waals surface area contributed by atoms with Crippen LogP contribution in [0.1, 0.15) is 199 Å². The van der Waals surface area contributed by atoms with Crippen molar-refractivity contribution in [2.45, 2.75) is 206 Å². The number of rotatable bonds is 35. The molecular formula is C43H78N2O3. The highest BCUT2D eigenvalue weighted by Gasteiger charge is 2.24. The van der Waals surface area contributed by atoms with E-state index in [-0.39, 0.29) is 18.4 Å². The van der Waals surface area contributed by atoms with Gasteiger partial charge in [0.15, 0.2) is 0 Å². The van der Waals surface area contributed by atoms with Crippen LogP contribution in [-0.4, -0.2) is 43.0 Å². The normalized spacial score (nSPS) is 11.9. The van der Waals surface area contributed by atoms with E-state index in [4.69, 9.17) is 4.74 Å². The van der Waals surface area contributed by atoms with Gasteiger partial charge in [0.2, 0.25) is 11.8 Å². The van der Waals surface area contributed by atoms with Gasteiger partial charge in [-0.1, -0.05) is 205 Å². The van der Waals surface area contributed by atoms with Crippen LogP contribution in [0.25, 0.3) is 0 Å². The SMILES string of the molecule is CCCCCCCCCCCCCCCCCC(=O)N[C@@H](COCc1ccccc1)C(=O)N(C)CCCCCCCCCCCCCC. The molecule has 278 valence electrons. The van der Waals surface area contributed by atoms with Crippen molar-refractivity contribution in [2.24, 2.45) is 0 Å². The number of nitrogens with one attached hydrogen (secondary N) is 1. The molecule has 2 amide bonds. The van der Waals surface area contributed by atoms with E-state index in [0.717, 1.165) is 37.8 Å². The van der Waals surface area contributed by atoms with Crippen molar-refractivity contribution in [1.82, 2.24) is 10.2 Å². The summed E-state index contributed by atoms with van der Waals surface area (Å²) in [7, 11) is 1.87. The molecule has 0 bridgehead atoms. The van der Waals surface area contributed by atoms with E-state index in [2.05, 4.69) is 19.2 Å². The van der Waals surface area contributed by atoms with E-state index >= 15 is 0 Å². The number of likely N-dealkylation sites (N-methyl/N-ethyl adjacent to an activating group) is 1. The molecule has 1 aromatic rings. The Kier molecular flexibility index (Phi) is 30.9. The van der Waals surface area contributed by atoms with Gasteiger partial charge in [-0.15, -0.1) is 0 Å². The molecule has 1 rings (SSSR count). The van der Waals surface area contributed by atoms with Gasteiger partial charge in [-0.3, -0.25) is 9.59 Å². The van der Waals surface area contributed by atoms with Gasteiger partial charge >= 0.3 is 0 Å². The van der Waals surface area contributed by atoms with Crippen LogP contribution in [0.2, 0.25) is 0 Å². The molecule has 1 aromatic carbocycles. The molecule has 0 radical (unpaired) electrons. The van der Waals surface area contributed by atoms with Gasteiger partial charge < -0.3 is 15.0 Å². The molecule has 0 saturated carbocycles. The fourth-order valence-corrected chi connectivity index (χ4v) is 6.53. The van der Waals surface area contributed by atoms with Crippen molar-refractivity contribution < 1.29 is 14.3 Å². The Labute approximate surface area is 298 Å². The first-order valence-electron chi connectivity index (χ1n) is 20.7. The first-order valence-corrected chi connectivity index (χ1v) is 20.7. The second-order valence-corrected chi connectivity index (χ2v) is 14.5. The lowest BCUT2D eigenvalue weighted by Crippen LogP contribution is -2.50. The molecule has 48 heavy (non-hydrogen) atoms. The minimum absolute atomic E-state index is 0.0369. The van der Waals surface area contributed by atoms with Crippen molar-refractivity contribution in [3.8, 4) is 0 Å². The quantitative estimate of drug-likeness (QED) is 0.0731. The molecule has 0 fully saturated rings. The van der Waals surface area contributed by atoms with Gasteiger partial charge in [-0.05, 0) is 18.4 Å². The topological polar surface area (TPSA) is 58.6 Å². The van der Waals surface area contributed by atoms with Crippen molar-refractivity contribution in [2.75, 3.05) is 20.2 Å². The minimum Gasteiger partial charge on any atom is -0.374 e. The summed E-state index contributed by atoms with van der Waals surface area (Å²) in [6.45, 7) is 5.90. The van der Waals surface area contributed by atoms with Crippen LogP contribution in [0.15, 0.2) is 30.3 Å². The second-order valence-electron chi connectivity index (χ2n) is 14.5. The molecule has 0 heterocycles. The molecule has 0 saturated heterocycles. The molecule has 0 aliphatic heterocycles. The van der Waals surface area contributed by atoms with Crippen LogP contribution in [0.5, 0.6) is 0 Å². The molecule has 0 aliphatic carbocycles. The Morgan fingerprint density at radius 1 is 0.583 bits per heavy atom. The molecule has 0 unspecified atom stereocenters. The van der Waals surface area contributed by atoms with Gasteiger partial charge in [-0.25, -0.2) is 0 Å². The Morgan fingerprint density at radius 3 is 1.42 bits per heavy atom. The number of hydrogen-bond acceptors (Lipinski definition) is 3. The summed E-state index contributed by atoms with van der Waals surface area (Å²) in [5, 5.41) is 3.02. The standard InChI is InChI=1S/C43H78N2O3/c1-4-6-8-10-12-14-16-18-19-20-21-23-25-27-32-36-42(46)44-41(39-48-38-40-34-30-29-31-35-40)43(47)45(3)37-33-28-26-24-22-17-15-13-11-9-7-5-2/h29-31,34-35,41H,4-28,32-33,36-39H2,1-3H3,(H,44,46)/t41-/m0/s1. The van der Waals surface area contributed by atoms with E-state index in [1.54, 1.807) is 4.90 Å². The zero-order valence-electron chi connectivity index (χ0n) is 32.1. The van der Waals surface area contributed by atoms with Crippen LogP contribution in [0.4, 0.5) is 0 Å². The minimum atomic E-state index is -0.639. The molecule has 0 aromatic heterocycles. The fraction of sp³-hybridized carbons (Fsp3) is 0.814. The first kappa shape index (κ1) is 44.1. The smallest absolute Gasteiger partial charge is 0.247 e. The molecule has 5 heteroatoms. The van der Waals surface area contributed by atoms with Crippen molar-refractivity contribution in [1.29, 1.82) is 0 Å². The highest BCUT2D eigenvalue weighted by atomic mass is 16.5. The van der Waals surface area contributed by atoms with E-state index in [9.17, 15) is 9.59 Å². The average molecular weight is 671 g/mol. The largest absolute Gasteiger partial charge is 0.374 e. The number of ether oxygens (including phenoxy) is 1. The van der Waals surface area contributed by atoms with Gasteiger partial charge in [0, 0.05) is 20.0 Å². The summed E-state index contributed by atoms with van der Waals surface area (Å²) in [6, 6.07) is 9.36. The number of hydrogen-bond donors (Lipinski definition) is 1. The van der Waals surface area contributed by atoms with Crippen LogP contribution in [-0.2, 0) is 20.9 Å². The maximum absolute atomic E-state index is 13.4. The van der Waals surface area contributed by atoms with Gasteiger partial charge in [-0.2, -0.15) is 0 Å². The third-order valence-corrected chi connectivity index (χ3v) is 9.76. The van der Waals surface area contributed by atoms with Crippen LogP contribution in [0.3, 0.4) is 0 Å². The number of nitrogens with zero attached hydrogens (tertiary/aromatic N) is 1. The summed E-state index contributed by atoms with van der Waals surface area (Å²) in [5.41, 5.74) is 1.07. The predicted octanol–water partition coefficient (Wildman–Crippen LogP) is 12.1. The zero-order valence-corrected chi connectivity index (χ0v) is 32.1. The summed E-state index contributed by atoms with van der Waals surface area (Å²) in [6.07, 6.45) is 35.7. The third-order valence-electron chi connectivity index (χ3n) is 9.76. The number of carbonyl (C=O) groups is 2. The highest BCUT2D eigenvalue weighted by molar-refractivity contribution is 5.87. The van der Waals surface area contributed by atoms with E-state index < -0.39 is 6.04 Å². The monoisotopic (exact) mass is 671 g/mol. The number of amides is 2. The summed E-state index contributed by atoms with van der Waals surface area (Å²) >= 11 is 0. The first-order chi connectivity index (χ1) is 23.6. The Hall–Kier alpha value is -1.88. The second kappa shape index (κ2) is 33.6. The van der Waals surface area contributed by atoms with Crippen molar-refractivity contribution in [3.05, 3.63) is 35.9 Å². The van der Waals surface area contributed by atoms with Crippen LogP contribution in [0, 0.1) is 0 Å². The number of unbranched alkanes of at least 4 members (excludes halogenated alkanes) is 25. The van der Waals surface area contributed by atoms with E-state index in [1.807, 2.05) is 37.4 Å². The summed E-state index contributed by atoms with van der Waals surface area (Å²) < 4.78 is 5.94. The summed E-state index contributed by atoms with van der Waals surface area (Å²) in [5.74, 6) is -0.0823. The number of benzene rings is 1. The van der Waals surface area contributed by atoms with Crippen LogP contribution >= 0.6 is 0 Å². The fourth-order valence-electron chi connectivity index (χ4n) is 6.53. The van der Waals surface area contributed by atoms with Crippen LogP contribution < -0.4 is 5.32 Å². The number of carbonyl (C=O) groups excluding carboxylic acids is 2. The van der Waals surface area contributed by atoms with Gasteiger partial charge in [0.05, 0.1) is 13.2 Å². The maximum atomic E-state index is 13.4. The van der Waals surface area contributed by atoms with E-state index in [0.29, 0.717) is 13.0 Å². The van der Waals surface area contributed by atoms with Crippen molar-refractivity contribution in [3.63, 3.8) is 0 Å². The van der Waals surface area contributed by atoms with Crippen molar-refractivity contribution >= 4 is 11.8 Å². The van der Waals surface area contributed by atoms with E-state index in [1.165, 1.54) is 148 Å². The Morgan fingerprint density at radius 2 is 0.979 bits per heavy atom. The maximum Gasteiger partial charge on any atom is 0.247 e. The predicted molar refractivity (Wildman–Crippen MR) is 206 cm³/mol.